The van der Waals surface area contributed by atoms with Gasteiger partial charge in [0.15, 0.2) is 0 Å². The van der Waals surface area contributed by atoms with Gasteiger partial charge in [-0.15, -0.1) is 0 Å². The topological polar surface area (TPSA) is 53.2 Å². The Morgan fingerprint density at radius 2 is 1.41 bits per heavy atom. The number of hydrogen-bond donors (Lipinski definition) is 3. The number of carbonyl (C=O) groups is 1. The van der Waals surface area contributed by atoms with E-state index in [-0.39, 0.29) is 16.9 Å². The lowest BCUT2D eigenvalue weighted by molar-refractivity contribution is -0.128. The number of hydrogen-bond acceptors (Lipinski definition) is 3. The van der Waals surface area contributed by atoms with E-state index in [1.54, 1.807) is 0 Å². The zero-order valence-electron chi connectivity index (χ0n) is 12.2. The third-order valence-corrected chi connectivity index (χ3v) is 2.23. The molecule has 4 heteroatoms. The highest BCUT2D eigenvalue weighted by Gasteiger charge is 2.19. The van der Waals surface area contributed by atoms with E-state index in [9.17, 15) is 4.79 Å². The highest BCUT2D eigenvalue weighted by Crippen LogP contribution is 2.11. The Hall–Kier alpha value is -0.610. The first-order valence-electron chi connectivity index (χ1n) is 6.37. The highest BCUT2D eigenvalue weighted by atomic mass is 16.2. The molecule has 0 saturated heterocycles. The van der Waals surface area contributed by atoms with Gasteiger partial charge < -0.3 is 16.0 Å². The number of rotatable bonds is 6. The molecule has 0 unspecified atom stereocenters. The summed E-state index contributed by atoms with van der Waals surface area (Å²) in [6.07, 6.45) is 0. The second-order valence-electron chi connectivity index (χ2n) is 6.43. The van der Waals surface area contributed by atoms with Crippen LogP contribution in [0.4, 0.5) is 0 Å². The standard InChI is InChI=1S/C13H29N3O/c1-12(2,3)11(17)15-9-7-14-8-10-16-13(4,5)6/h14,16H,7-10H2,1-6H3,(H,15,17). The SMILES string of the molecule is CC(C)(C)NCCNCCNC(=O)C(C)(C)C. The van der Waals surface area contributed by atoms with Gasteiger partial charge in [0, 0.05) is 37.1 Å². The van der Waals surface area contributed by atoms with Gasteiger partial charge in [0.05, 0.1) is 0 Å². The van der Waals surface area contributed by atoms with Gasteiger partial charge in [-0.25, -0.2) is 0 Å². The molecular weight excluding hydrogens is 214 g/mol. The molecule has 4 nitrogen and oxygen atoms in total. The molecular formula is C13H29N3O. The molecule has 0 aromatic rings. The molecule has 0 aromatic heterocycles. The van der Waals surface area contributed by atoms with Crippen molar-refractivity contribution in [2.24, 2.45) is 5.41 Å². The molecule has 102 valence electrons. The summed E-state index contributed by atoms with van der Waals surface area (Å²) in [6, 6.07) is 0. The monoisotopic (exact) mass is 243 g/mol. The largest absolute Gasteiger partial charge is 0.354 e. The van der Waals surface area contributed by atoms with E-state index >= 15 is 0 Å². The number of nitrogens with one attached hydrogen (secondary N) is 3. The van der Waals surface area contributed by atoms with Gasteiger partial charge in [0.25, 0.3) is 0 Å². The van der Waals surface area contributed by atoms with Crippen molar-refractivity contribution >= 4 is 5.91 Å². The van der Waals surface area contributed by atoms with E-state index < -0.39 is 0 Å². The minimum Gasteiger partial charge on any atom is -0.354 e. The normalized spacial score (nSPS) is 12.6. The lowest BCUT2D eigenvalue weighted by atomic mass is 9.96. The van der Waals surface area contributed by atoms with Crippen molar-refractivity contribution < 1.29 is 4.79 Å². The maximum absolute atomic E-state index is 11.5. The van der Waals surface area contributed by atoms with Gasteiger partial charge in [0.2, 0.25) is 5.91 Å². The molecule has 0 aliphatic carbocycles. The fourth-order valence-corrected chi connectivity index (χ4v) is 1.18. The maximum Gasteiger partial charge on any atom is 0.225 e. The Bertz CT molecular complexity index is 226. The molecule has 0 atom stereocenters. The first-order chi connectivity index (χ1) is 7.63. The third kappa shape index (κ3) is 10.3. The number of carbonyl (C=O) groups excluding carboxylic acids is 1. The van der Waals surface area contributed by atoms with Gasteiger partial charge in [-0.1, -0.05) is 20.8 Å². The summed E-state index contributed by atoms with van der Waals surface area (Å²) in [5.41, 5.74) is -0.129. The van der Waals surface area contributed by atoms with E-state index in [1.165, 1.54) is 0 Å². The predicted octanol–water partition coefficient (Wildman–Crippen LogP) is 1.13. The second kappa shape index (κ2) is 6.97. The lowest BCUT2D eigenvalue weighted by Gasteiger charge is -2.21. The Labute approximate surface area is 106 Å². The molecule has 1 amide bonds. The molecule has 0 heterocycles. The molecule has 0 saturated carbocycles. The van der Waals surface area contributed by atoms with Crippen LogP contribution in [0.15, 0.2) is 0 Å². The van der Waals surface area contributed by atoms with Crippen molar-refractivity contribution in [2.75, 3.05) is 26.2 Å². The number of amides is 1. The molecule has 0 fully saturated rings. The summed E-state index contributed by atoms with van der Waals surface area (Å²) < 4.78 is 0. The molecule has 0 spiro atoms. The second-order valence-corrected chi connectivity index (χ2v) is 6.43. The average Bonchev–Trinajstić information content (AvgIpc) is 2.12. The van der Waals surface area contributed by atoms with Gasteiger partial charge in [-0.3, -0.25) is 4.79 Å². The Morgan fingerprint density at radius 3 is 1.88 bits per heavy atom. The molecule has 17 heavy (non-hydrogen) atoms. The lowest BCUT2D eigenvalue weighted by Crippen LogP contribution is -2.42. The van der Waals surface area contributed by atoms with Crippen LogP contribution in [0.2, 0.25) is 0 Å². The van der Waals surface area contributed by atoms with Gasteiger partial charge in [0.1, 0.15) is 0 Å². The summed E-state index contributed by atoms with van der Waals surface area (Å²) in [5, 5.41) is 9.59. The molecule has 0 radical (unpaired) electrons. The van der Waals surface area contributed by atoms with Crippen LogP contribution in [-0.2, 0) is 4.79 Å². The molecule has 0 rings (SSSR count). The Balaban J connectivity index is 3.39. The van der Waals surface area contributed by atoms with Crippen LogP contribution in [-0.4, -0.2) is 37.6 Å². The van der Waals surface area contributed by atoms with E-state index in [1.807, 2.05) is 20.8 Å². The summed E-state index contributed by atoms with van der Waals surface area (Å²) >= 11 is 0. The zero-order valence-corrected chi connectivity index (χ0v) is 12.2. The van der Waals surface area contributed by atoms with Crippen molar-refractivity contribution in [3.05, 3.63) is 0 Å². The fraction of sp³-hybridized carbons (Fsp3) is 0.923. The van der Waals surface area contributed by atoms with Crippen LogP contribution >= 0.6 is 0 Å². The smallest absolute Gasteiger partial charge is 0.225 e. The van der Waals surface area contributed by atoms with Crippen molar-refractivity contribution in [3.63, 3.8) is 0 Å². The minimum absolute atomic E-state index is 0.104. The molecule has 3 N–H and O–H groups in total. The van der Waals surface area contributed by atoms with Crippen molar-refractivity contribution in [3.8, 4) is 0 Å². The first-order valence-corrected chi connectivity index (χ1v) is 6.37. The van der Waals surface area contributed by atoms with Gasteiger partial charge in [-0.05, 0) is 20.8 Å². The maximum atomic E-state index is 11.5. The van der Waals surface area contributed by atoms with Crippen molar-refractivity contribution in [2.45, 2.75) is 47.1 Å². The van der Waals surface area contributed by atoms with Crippen molar-refractivity contribution in [1.82, 2.24) is 16.0 Å². The fourth-order valence-electron chi connectivity index (χ4n) is 1.18. The summed E-state index contributed by atoms with van der Waals surface area (Å²) in [7, 11) is 0. The van der Waals surface area contributed by atoms with E-state index in [4.69, 9.17) is 0 Å². The van der Waals surface area contributed by atoms with E-state index in [0.29, 0.717) is 6.54 Å². The third-order valence-electron chi connectivity index (χ3n) is 2.23. The Morgan fingerprint density at radius 1 is 0.882 bits per heavy atom. The highest BCUT2D eigenvalue weighted by molar-refractivity contribution is 5.81. The molecule has 0 aliphatic heterocycles. The van der Waals surface area contributed by atoms with Crippen molar-refractivity contribution in [1.29, 1.82) is 0 Å². The van der Waals surface area contributed by atoms with Crippen LogP contribution < -0.4 is 16.0 Å². The Kier molecular flexibility index (Phi) is 6.72. The zero-order chi connectivity index (χ0) is 13.5. The minimum atomic E-state index is -0.298. The molecule has 0 aliphatic rings. The van der Waals surface area contributed by atoms with E-state index in [0.717, 1.165) is 19.6 Å². The molecule has 0 bridgehead atoms. The van der Waals surface area contributed by atoms with Crippen LogP contribution in [0.5, 0.6) is 0 Å². The van der Waals surface area contributed by atoms with Crippen LogP contribution in [0, 0.1) is 5.41 Å². The molecule has 0 aromatic carbocycles. The summed E-state index contributed by atoms with van der Waals surface area (Å²) in [6.45, 7) is 15.6. The first kappa shape index (κ1) is 16.4. The van der Waals surface area contributed by atoms with Gasteiger partial charge >= 0.3 is 0 Å². The quantitative estimate of drug-likeness (QED) is 0.613. The van der Waals surface area contributed by atoms with Crippen LogP contribution in [0.25, 0.3) is 0 Å². The van der Waals surface area contributed by atoms with Gasteiger partial charge in [-0.2, -0.15) is 0 Å². The average molecular weight is 243 g/mol. The van der Waals surface area contributed by atoms with E-state index in [2.05, 4.69) is 36.7 Å². The van der Waals surface area contributed by atoms with Crippen LogP contribution in [0.1, 0.15) is 41.5 Å². The summed E-state index contributed by atoms with van der Waals surface area (Å²) in [4.78, 5) is 11.5. The predicted molar refractivity (Wildman–Crippen MR) is 73.1 cm³/mol. The summed E-state index contributed by atoms with van der Waals surface area (Å²) in [5.74, 6) is 0.104. The van der Waals surface area contributed by atoms with Crippen LogP contribution in [0.3, 0.4) is 0 Å².